The van der Waals surface area contributed by atoms with Crippen LogP contribution in [0.5, 0.6) is 5.75 Å². The number of ketones is 1. The summed E-state index contributed by atoms with van der Waals surface area (Å²) in [5, 5.41) is 3.05. The number of anilines is 1. The molecular weight excluding hydrogens is 318 g/mol. The minimum absolute atomic E-state index is 0.0600. The molecule has 2 rings (SSSR count). The molecule has 0 atom stereocenters. The summed E-state index contributed by atoms with van der Waals surface area (Å²) in [6.07, 6.45) is 3.14. The number of hydrogen-bond acceptors (Lipinski definition) is 3. The van der Waals surface area contributed by atoms with E-state index in [1.165, 1.54) is 6.08 Å². The van der Waals surface area contributed by atoms with Crippen molar-refractivity contribution in [3.05, 3.63) is 70.8 Å². The lowest BCUT2D eigenvalue weighted by Gasteiger charge is -2.01. The second-order valence-corrected chi connectivity index (χ2v) is 5.00. The summed E-state index contributed by atoms with van der Waals surface area (Å²) in [4.78, 5) is 11.9. The Bertz CT molecular complexity index is 621. The van der Waals surface area contributed by atoms with Gasteiger partial charge in [-0.15, -0.1) is 0 Å². The summed E-state index contributed by atoms with van der Waals surface area (Å²) >= 11 is 3.39. The van der Waals surface area contributed by atoms with Gasteiger partial charge >= 0.3 is 0 Å². The van der Waals surface area contributed by atoms with E-state index in [1.807, 2.05) is 24.3 Å². The highest BCUT2D eigenvalue weighted by Gasteiger charge is 2.01. The number of carbonyl (C=O) groups excluding carboxylic acids is 1. The lowest BCUT2D eigenvalue weighted by atomic mass is 10.1. The Morgan fingerprint density at radius 2 is 1.95 bits per heavy atom. The highest BCUT2D eigenvalue weighted by atomic mass is 79.9. The normalized spacial score (nSPS) is 10.5. The lowest BCUT2D eigenvalue weighted by molar-refractivity contribution is 0.104. The number of allylic oxidation sites excluding steroid dienone is 1. The first-order chi connectivity index (χ1) is 9.69. The van der Waals surface area contributed by atoms with Crippen LogP contribution in [0, 0.1) is 0 Å². The number of halogens is 1. The van der Waals surface area contributed by atoms with E-state index in [-0.39, 0.29) is 5.78 Å². The first kappa shape index (κ1) is 14.3. The molecule has 0 spiro atoms. The molecule has 0 amide bonds. The Kier molecular flexibility index (Phi) is 4.96. The van der Waals surface area contributed by atoms with E-state index in [1.54, 1.807) is 37.6 Å². The highest BCUT2D eigenvalue weighted by molar-refractivity contribution is 9.10. The van der Waals surface area contributed by atoms with Gasteiger partial charge in [-0.3, -0.25) is 4.79 Å². The van der Waals surface area contributed by atoms with Crippen molar-refractivity contribution in [1.82, 2.24) is 0 Å². The van der Waals surface area contributed by atoms with E-state index in [9.17, 15) is 4.79 Å². The monoisotopic (exact) mass is 331 g/mol. The van der Waals surface area contributed by atoms with Crippen molar-refractivity contribution in [2.75, 3.05) is 12.4 Å². The van der Waals surface area contributed by atoms with E-state index in [0.717, 1.165) is 15.9 Å². The third-order valence-electron chi connectivity index (χ3n) is 2.68. The Morgan fingerprint density at radius 3 is 2.60 bits per heavy atom. The molecule has 0 unspecified atom stereocenters. The number of carbonyl (C=O) groups is 1. The van der Waals surface area contributed by atoms with Crippen LogP contribution in [0.3, 0.4) is 0 Å². The Morgan fingerprint density at radius 1 is 1.20 bits per heavy atom. The highest BCUT2D eigenvalue weighted by Crippen LogP contribution is 2.16. The third-order valence-corrected chi connectivity index (χ3v) is 3.18. The van der Waals surface area contributed by atoms with Gasteiger partial charge in [0.15, 0.2) is 5.78 Å². The van der Waals surface area contributed by atoms with Crippen LogP contribution in [-0.4, -0.2) is 12.9 Å². The van der Waals surface area contributed by atoms with Gasteiger partial charge in [-0.2, -0.15) is 0 Å². The fourth-order valence-electron chi connectivity index (χ4n) is 1.64. The second-order valence-electron chi connectivity index (χ2n) is 4.08. The zero-order valence-corrected chi connectivity index (χ0v) is 12.6. The summed E-state index contributed by atoms with van der Waals surface area (Å²) in [7, 11) is 1.60. The van der Waals surface area contributed by atoms with Gasteiger partial charge in [0.1, 0.15) is 5.75 Å². The minimum Gasteiger partial charge on any atom is -0.497 e. The van der Waals surface area contributed by atoms with E-state index < -0.39 is 0 Å². The standard InChI is InChI=1S/C16H14BrNO2/c1-20-15-7-5-12(6-8-15)16(19)9-10-18-14-4-2-3-13(17)11-14/h2-11,18H,1H3/b10-9+. The summed E-state index contributed by atoms with van der Waals surface area (Å²) in [5.74, 6) is 0.674. The first-order valence-corrected chi connectivity index (χ1v) is 6.85. The molecule has 20 heavy (non-hydrogen) atoms. The molecule has 0 saturated heterocycles. The van der Waals surface area contributed by atoms with Crippen LogP contribution < -0.4 is 10.1 Å². The summed E-state index contributed by atoms with van der Waals surface area (Å²) in [5.41, 5.74) is 1.54. The van der Waals surface area contributed by atoms with E-state index in [4.69, 9.17) is 4.74 Å². The van der Waals surface area contributed by atoms with Crippen molar-refractivity contribution in [2.24, 2.45) is 0 Å². The average molecular weight is 332 g/mol. The molecule has 2 aromatic carbocycles. The maximum atomic E-state index is 11.9. The maximum absolute atomic E-state index is 11.9. The fraction of sp³-hybridized carbons (Fsp3) is 0.0625. The molecule has 0 radical (unpaired) electrons. The Labute approximate surface area is 126 Å². The molecule has 0 heterocycles. The Hall–Kier alpha value is -2.07. The van der Waals surface area contributed by atoms with Crippen LogP contribution in [0.4, 0.5) is 5.69 Å². The fourth-order valence-corrected chi connectivity index (χ4v) is 2.04. The molecule has 102 valence electrons. The zero-order valence-electron chi connectivity index (χ0n) is 11.0. The molecule has 0 saturated carbocycles. The molecule has 2 aromatic rings. The molecule has 4 heteroatoms. The second kappa shape index (κ2) is 6.91. The number of methoxy groups -OCH3 is 1. The molecule has 0 aromatic heterocycles. The number of benzene rings is 2. The van der Waals surface area contributed by atoms with Crippen LogP contribution in [-0.2, 0) is 0 Å². The largest absolute Gasteiger partial charge is 0.497 e. The lowest BCUT2D eigenvalue weighted by Crippen LogP contribution is -1.96. The van der Waals surface area contributed by atoms with Gasteiger partial charge in [0.2, 0.25) is 0 Å². The van der Waals surface area contributed by atoms with Crippen molar-refractivity contribution in [1.29, 1.82) is 0 Å². The number of hydrogen-bond donors (Lipinski definition) is 1. The molecular formula is C16H14BrNO2. The van der Waals surface area contributed by atoms with Gasteiger partial charge in [-0.1, -0.05) is 22.0 Å². The van der Waals surface area contributed by atoms with Crippen LogP contribution in [0.25, 0.3) is 0 Å². The van der Waals surface area contributed by atoms with Crippen LogP contribution in [0.2, 0.25) is 0 Å². The molecule has 0 aliphatic heterocycles. The minimum atomic E-state index is -0.0600. The van der Waals surface area contributed by atoms with Gasteiger partial charge in [-0.25, -0.2) is 0 Å². The maximum Gasteiger partial charge on any atom is 0.187 e. The van der Waals surface area contributed by atoms with Gasteiger partial charge in [0.05, 0.1) is 7.11 Å². The van der Waals surface area contributed by atoms with Crippen molar-refractivity contribution < 1.29 is 9.53 Å². The molecule has 0 aliphatic carbocycles. The topological polar surface area (TPSA) is 38.3 Å². The van der Waals surface area contributed by atoms with E-state index in [2.05, 4.69) is 21.2 Å². The van der Waals surface area contributed by atoms with Crippen molar-refractivity contribution >= 4 is 27.4 Å². The van der Waals surface area contributed by atoms with Gasteiger partial charge < -0.3 is 10.1 Å². The molecule has 0 fully saturated rings. The summed E-state index contributed by atoms with van der Waals surface area (Å²) in [6.45, 7) is 0. The molecule has 0 aliphatic rings. The van der Waals surface area contributed by atoms with Crippen molar-refractivity contribution in [3.63, 3.8) is 0 Å². The van der Waals surface area contributed by atoms with Crippen molar-refractivity contribution in [3.8, 4) is 5.75 Å². The smallest absolute Gasteiger partial charge is 0.187 e. The van der Waals surface area contributed by atoms with Crippen LogP contribution in [0.1, 0.15) is 10.4 Å². The number of rotatable bonds is 5. The zero-order chi connectivity index (χ0) is 14.4. The van der Waals surface area contributed by atoms with Gasteiger partial charge in [0.25, 0.3) is 0 Å². The third kappa shape index (κ3) is 3.96. The quantitative estimate of drug-likeness (QED) is 0.656. The summed E-state index contributed by atoms with van der Waals surface area (Å²) in [6, 6.07) is 14.7. The van der Waals surface area contributed by atoms with E-state index in [0.29, 0.717) is 5.56 Å². The van der Waals surface area contributed by atoms with E-state index >= 15 is 0 Å². The van der Waals surface area contributed by atoms with Crippen LogP contribution >= 0.6 is 15.9 Å². The number of nitrogens with one attached hydrogen (secondary N) is 1. The predicted octanol–water partition coefficient (Wildman–Crippen LogP) is 4.27. The van der Waals surface area contributed by atoms with Gasteiger partial charge in [0, 0.05) is 28.0 Å². The molecule has 1 N–H and O–H groups in total. The predicted molar refractivity (Wildman–Crippen MR) is 84.2 cm³/mol. The van der Waals surface area contributed by atoms with Crippen molar-refractivity contribution in [2.45, 2.75) is 0 Å². The molecule has 0 bridgehead atoms. The molecule has 3 nitrogen and oxygen atoms in total. The SMILES string of the molecule is COc1ccc(C(=O)/C=C/Nc2cccc(Br)c2)cc1. The summed E-state index contributed by atoms with van der Waals surface area (Å²) < 4.78 is 6.04. The Balaban J connectivity index is 1.98. The first-order valence-electron chi connectivity index (χ1n) is 6.06. The van der Waals surface area contributed by atoms with Crippen LogP contribution in [0.15, 0.2) is 65.3 Å². The number of ether oxygens (including phenoxy) is 1. The van der Waals surface area contributed by atoms with Gasteiger partial charge in [-0.05, 0) is 42.5 Å². The average Bonchev–Trinajstić information content (AvgIpc) is 2.47.